The van der Waals surface area contributed by atoms with E-state index in [0.717, 1.165) is 64.3 Å². The van der Waals surface area contributed by atoms with Crippen LogP contribution in [0.1, 0.15) is 70.6 Å². The maximum Gasteiger partial charge on any atom is 0.303 e. The van der Waals surface area contributed by atoms with Gasteiger partial charge in [0.05, 0.1) is 12.2 Å². The molecule has 140 valence electrons. The molecule has 0 unspecified atom stereocenters. The van der Waals surface area contributed by atoms with Gasteiger partial charge in [0.1, 0.15) is 0 Å². The summed E-state index contributed by atoms with van der Waals surface area (Å²) in [6.07, 6.45) is 12.8. The number of hydrogen-bond acceptors (Lipinski definition) is 4. The Balaban J connectivity index is 1.46. The Hall–Kier alpha value is -1.43. The summed E-state index contributed by atoms with van der Waals surface area (Å²) in [6.45, 7) is 0.741. The molecule has 3 saturated heterocycles. The van der Waals surface area contributed by atoms with Crippen molar-refractivity contribution in [1.29, 1.82) is 0 Å². The van der Waals surface area contributed by atoms with Crippen LogP contribution >= 0.6 is 0 Å². The number of piperidine rings is 1. The van der Waals surface area contributed by atoms with Gasteiger partial charge >= 0.3 is 5.97 Å². The molecule has 3 aliphatic rings. The molecule has 4 atom stereocenters. The minimum absolute atomic E-state index is 0.140. The number of fused-ring (bicyclic) bond motifs is 2. The molecule has 0 aromatic heterocycles. The molecule has 0 radical (unpaired) electrons. The number of hydrazone groups is 1. The Morgan fingerprint density at radius 1 is 1.20 bits per heavy atom. The molecule has 0 aliphatic carbocycles. The molecule has 0 spiro atoms. The average Bonchev–Trinajstić information content (AvgIpc) is 3.18. The molecule has 25 heavy (non-hydrogen) atoms. The number of hydrogen-bond donors (Lipinski definition) is 1. The first-order valence-corrected chi connectivity index (χ1v) is 9.87. The van der Waals surface area contributed by atoms with Crippen molar-refractivity contribution in [2.45, 2.75) is 82.8 Å². The Kier molecular flexibility index (Phi) is 6.45. The van der Waals surface area contributed by atoms with Crippen LogP contribution in [-0.2, 0) is 14.3 Å². The summed E-state index contributed by atoms with van der Waals surface area (Å²) in [5, 5.41) is 14.8. The second-order valence-corrected chi connectivity index (χ2v) is 7.62. The maximum absolute atomic E-state index is 11.9. The quantitative estimate of drug-likeness (QED) is 0.511. The first kappa shape index (κ1) is 18.4. The molecule has 6 nitrogen and oxygen atoms in total. The zero-order valence-corrected chi connectivity index (χ0v) is 14.9. The highest BCUT2D eigenvalue weighted by Crippen LogP contribution is 2.45. The van der Waals surface area contributed by atoms with Crippen molar-refractivity contribution in [3.05, 3.63) is 0 Å². The number of carbonyl (C=O) groups excluding carboxylic acids is 1. The Bertz CT molecular complexity index is 508. The summed E-state index contributed by atoms with van der Waals surface area (Å²) in [4.78, 5) is 22.4. The van der Waals surface area contributed by atoms with E-state index in [4.69, 9.17) is 9.84 Å². The first-order valence-electron chi connectivity index (χ1n) is 9.87. The van der Waals surface area contributed by atoms with E-state index in [1.54, 1.807) is 5.01 Å². The number of nitrogens with zero attached hydrogens (tertiary/aromatic N) is 2. The Labute approximate surface area is 149 Å². The second-order valence-electron chi connectivity index (χ2n) is 7.62. The van der Waals surface area contributed by atoms with E-state index >= 15 is 0 Å². The third kappa shape index (κ3) is 4.81. The van der Waals surface area contributed by atoms with Crippen LogP contribution in [0.25, 0.3) is 0 Å². The van der Waals surface area contributed by atoms with Crippen molar-refractivity contribution in [2.24, 2.45) is 16.9 Å². The summed E-state index contributed by atoms with van der Waals surface area (Å²) in [5.41, 5.74) is 0. The fourth-order valence-corrected chi connectivity index (χ4v) is 4.48. The van der Waals surface area contributed by atoms with Gasteiger partial charge in [0.25, 0.3) is 0 Å². The lowest BCUT2D eigenvalue weighted by atomic mass is 9.77. The van der Waals surface area contributed by atoms with E-state index in [1.165, 1.54) is 0 Å². The highest BCUT2D eigenvalue weighted by Gasteiger charge is 2.47. The highest BCUT2D eigenvalue weighted by atomic mass is 16.5. The van der Waals surface area contributed by atoms with E-state index in [0.29, 0.717) is 24.4 Å². The number of rotatable bonds is 9. The van der Waals surface area contributed by atoms with Crippen LogP contribution in [0.4, 0.5) is 0 Å². The van der Waals surface area contributed by atoms with Gasteiger partial charge < -0.3 is 9.84 Å². The van der Waals surface area contributed by atoms with Crippen LogP contribution in [0.3, 0.4) is 0 Å². The number of amides is 1. The standard InChI is InChI=1S/C19H30N2O4/c22-18-8-5-6-12-21(18)20-13-15-14(16-10-11-17(15)25-16)7-3-1-2-4-9-19(23)24/h13-17H,1-12H2,(H,23,24)/t14-,15-,16+,17-/m0/s1. The van der Waals surface area contributed by atoms with Gasteiger partial charge in [-0.2, -0.15) is 5.10 Å². The number of unbranched alkanes of at least 4 members (excludes halogenated alkanes) is 3. The van der Waals surface area contributed by atoms with Gasteiger partial charge in [-0.25, -0.2) is 5.01 Å². The molecule has 2 bridgehead atoms. The molecule has 3 heterocycles. The van der Waals surface area contributed by atoms with E-state index in [2.05, 4.69) is 5.10 Å². The van der Waals surface area contributed by atoms with Crippen molar-refractivity contribution in [3.63, 3.8) is 0 Å². The van der Waals surface area contributed by atoms with Gasteiger partial charge in [0.2, 0.25) is 5.91 Å². The predicted molar refractivity (Wildman–Crippen MR) is 94.3 cm³/mol. The third-order valence-electron chi connectivity index (χ3n) is 5.84. The average molecular weight is 350 g/mol. The molecule has 6 heteroatoms. The summed E-state index contributed by atoms with van der Waals surface area (Å²) >= 11 is 0. The van der Waals surface area contributed by atoms with E-state index in [-0.39, 0.29) is 18.4 Å². The van der Waals surface area contributed by atoms with Crippen LogP contribution < -0.4 is 0 Å². The fourth-order valence-electron chi connectivity index (χ4n) is 4.48. The molecule has 1 N–H and O–H groups in total. The largest absolute Gasteiger partial charge is 0.481 e. The second kappa shape index (κ2) is 8.79. The van der Waals surface area contributed by atoms with Crippen LogP contribution in [0.5, 0.6) is 0 Å². The third-order valence-corrected chi connectivity index (χ3v) is 5.84. The molecular formula is C19H30N2O4. The van der Waals surface area contributed by atoms with Gasteiger partial charge in [-0.1, -0.05) is 19.3 Å². The molecule has 0 aromatic carbocycles. The minimum Gasteiger partial charge on any atom is -0.481 e. The van der Waals surface area contributed by atoms with Crippen LogP contribution in [0.15, 0.2) is 5.10 Å². The summed E-state index contributed by atoms with van der Waals surface area (Å²) in [5.74, 6) is 0.265. The normalized spacial score (nSPS) is 32.0. The molecule has 1 amide bonds. The van der Waals surface area contributed by atoms with Gasteiger partial charge in [0.15, 0.2) is 0 Å². The lowest BCUT2D eigenvalue weighted by Gasteiger charge is -2.27. The summed E-state index contributed by atoms with van der Waals surface area (Å²) in [6, 6.07) is 0. The lowest BCUT2D eigenvalue weighted by Crippen LogP contribution is -2.33. The van der Waals surface area contributed by atoms with Crippen LogP contribution in [0, 0.1) is 11.8 Å². The van der Waals surface area contributed by atoms with Crippen molar-refractivity contribution in [1.82, 2.24) is 5.01 Å². The van der Waals surface area contributed by atoms with Crippen LogP contribution in [-0.4, -0.2) is 47.0 Å². The van der Waals surface area contributed by atoms with Crippen molar-refractivity contribution < 1.29 is 19.4 Å². The van der Waals surface area contributed by atoms with Gasteiger partial charge in [-0.05, 0) is 44.4 Å². The highest BCUT2D eigenvalue weighted by molar-refractivity contribution is 5.78. The molecule has 3 aliphatic heterocycles. The number of carboxylic acids is 1. The van der Waals surface area contributed by atoms with Crippen molar-refractivity contribution in [3.8, 4) is 0 Å². The topological polar surface area (TPSA) is 79.2 Å². The zero-order chi connectivity index (χ0) is 17.6. The molecule has 3 fully saturated rings. The van der Waals surface area contributed by atoms with Gasteiger partial charge in [-0.3, -0.25) is 9.59 Å². The SMILES string of the molecule is O=C(O)CCCCCC[C@H]1[C@H](C=NN2CCCCC2=O)[C@@H]2CC[C@H]1O2. The monoisotopic (exact) mass is 350 g/mol. The Morgan fingerprint density at radius 3 is 2.80 bits per heavy atom. The molecule has 3 rings (SSSR count). The number of carbonyl (C=O) groups is 2. The van der Waals surface area contributed by atoms with E-state index in [1.807, 2.05) is 6.21 Å². The zero-order valence-electron chi connectivity index (χ0n) is 14.9. The maximum atomic E-state index is 11.9. The molecule has 0 aromatic rings. The number of ether oxygens (including phenoxy) is 1. The van der Waals surface area contributed by atoms with E-state index < -0.39 is 5.97 Å². The first-order chi connectivity index (χ1) is 12.1. The van der Waals surface area contributed by atoms with E-state index in [9.17, 15) is 9.59 Å². The predicted octanol–water partition coefficient (Wildman–Crippen LogP) is 3.20. The van der Waals surface area contributed by atoms with Gasteiger partial charge in [0, 0.05) is 31.5 Å². The molecule has 0 saturated carbocycles. The lowest BCUT2D eigenvalue weighted by molar-refractivity contribution is -0.137. The molecular weight excluding hydrogens is 320 g/mol. The smallest absolute Gasteiger partial charge is 0.303 e. The van der Waals surface area contributed by atoms with Crippen LogP contribution in [0.2, 0.25) is 0 Å². The van der Waals surface area contributed by atoms with Gasteiger partial charge in [-0.15, -0.1) is 0 Å². The number of aliphatic carboxylic acids is 1. The Morgan fingerprint density at radius 2 is 2.00 bits per heavy atom. The summed E-state index contributed by atoms with van der Waals surface area (Å²) < 4.78 is 6.10. The minimum atomic E-state index is -0.704. The number of carboxylic acid groups (broad SMARTS) is 1. The summed E-state index contributed by atoms with van der Waals surface area (Å²) in [7, 11) is 0. The van der Waals surface area contributed by atoms with Crippen molar-refractivity contribution in [2.75, 3.05) is 6.54 Å². The fraction of sp³-hybridized carbons (Fsp3) is 0.842. The van der Waals surface area contributed by atoms with Crippen molar-refractivity contribution >= 4 is 18.1 Å².